The molecule has 0 aromatic rings. The van der Waals surface area contributed by atoms with Crippen LogP contribution in [0.2, 0.25) is 0 Å². The summed E-state index contributed by atoms with van der Waals surface area (Å²) in [5.41, 5.74) is 0. The fourth-order valence-corrected chi connectivity index (χ4v) is 4.59. The van der Waals surface area contributed by atoms with E-state index in [1.165, 1.54) is 0 Å². The number of nitrogens with zero attached hydrogens (tertiary/aromatic N) is 1. The molecular formula is C13H23NO4S. The van der Waals surface area contributed by atoms with E-state index in [0.29, 0.717) is 12.3 Å². The molecule has 2 heterocycles. The van der Waals surface area contributed by atoms with Gasteiger partial charge in [-0.15, -0.1) is 0 Å². The van der Waals surface area contributed by atoms with Crippen molar-refractivity contribution in [2.45, 2.75) is 26.2 Å². The summed E-state index contributed by atoms with van der Waals surface area (Å²) in [4.78, 5) is 14.1. The van der Waals surface area contributed by atoms with Crippen molar-refractivity contribution >= 4 is 15.7 Å². The molecule has 0 unspecified atom stereocenters. The van der Waals surface area contributed by atoms with Crippen molar-refractivity contribution in [3.63, 3.8) is 0 Å². The molecule has 1 atom stereocenters. The molecule has 0 N–H and O–H groups in total. The van der Waals surface area contributed by atoms with Crippen LogP contribution >= 0.6 is 0 Å². The van der Waals surface area contributed by atoms with Gasteiger partial charge in [0, 0.05) is 26.3 Å². The zero-order chi connectivity index (χ0) is 13.9. The van der Waals surface area contributed by atoms with Gasteiger partial charge in [-0.1, -0.05) is 0 Å². The van der Waals surface area contributed by atoms with Gasteiger partial charge in [-0.05, 0) is 32.1 Å². The van der Waals surface area contributed by atoms with E-state index in [0.717, 1.165) is 39.1 Å². The van der Waals surface area contributed by atoms with Crippen LogP contribution in [0.25, 0.3) is 0 Å². The number of amides is 1. The summed E-state index contributed by atoms with van der Waals surface area (Å²) in [6.07, 6.45) is 2.43. The predicted molar refractivity (Wildman–Crippen MR) is 72.6 cm³/mol. The molecule has 19 heavy (non-hydrogen) atoms. The number of sulfone groups is 1. The van der Waals surface area contributed by atoms with Crippen molar-refractivity contribution in [3.05, 3.63) is 0 Å². The van der Waals surface area contributed by atoms with Crippen LogP contribution in [-0.2, 0) is 19.4 Å². The number of hydrogen-bond acceptors (Lipinski definition) is 4. The Labute approximate surface area is 115 Å². The van der Waals surface area contributed by atoms with Crippen molar-refractivity contribution in [2.75, 3.05) is 37.8 Å². The fourth-order valence-electron chi connectivity index (χ4n) is 2.85. The predicted octanol–water partition coefficient (Wildman–Crippen LogP) is 0.696. The molecule has 2 aliphatic heterocycles. The van der Waals surface area contributed by atoms with Crippen LogP contribution in [0.1, 0.15) is 26.2 Å². The molecule has 0 saturated carbocycles. The molecule has 1 amide bonds. The Morgan fingerprint density at radius 3 is 2.47 bits per heavy atom. The van der Waals surface area contributed by atoms with E-state index in [1.54, 1.807) is 0 Å². The number of rotatable bonds is 4. The first-order chi connectivity index (χ1) is 9.02. The lowest BCUT2D eigenvalue weighted by Gasteiger charge is -2.33. The molecule has 0 aliphatic carbocycles. The van der Waals surface area contributed by atoms with Crippen LogP contribution in [-0.4, -0.2) is 57.0 Å². The topological polar surface area (TPSA) is 63.7 Å². The molecule has 0 aromatic carbocycles. The molecule has 2 rings (SSSR count). The molecule has 6 heteroatoms. The molecule has 2 aliphatic rings. The van der Waals surface area contributed by atoms with E-state index in [1.807, 2.05) is 11.8 Å². The fraction of sp³-hybridized carbons (Fsp3) is 0.923. The second-order valence-corrected chi connectivity index (χ2v) is 7.76. The molecule has 110 valence electrons. The van der Waals surface area contributed by atoms with Crippen LogP contribution in [0.3, 0.4) is 0 Å². The molecule has 5 nitrogen and oxygen atoms in total. The minimum Gasteiger partial charge on any atom is -0.381 e. The Kier molecular flexibility index (Phi) is 4.84. The van der Waals surface area contributed by atoms with Crippen molar-refractivity contribution in [3.8, 4) is 0 Å². The Morgan fingerprint density at radius 1 is 1.26 bits per heavy atom. The maximum atomic E-state index is 12.2. The van der Waals surface area contributed by atoms with Crippen molar-refractivity contribution in [1.82, 2.24) is 4.90 Å². The number of hydrogen-bond donors (Lipinski definition) is 0. The van der Waals surface area contributed by atoms with Crippen LogP contribution in [0.4, 0.5) is 0 Å². The van der Waals surface area contributed by atoms with Crippen molar-refractivity contribution < 1.29 is 17.9 Å². The molecule has 2 saturated heterocycles. The van der Waals surface area contributed by atoms with Gasteiger partial charge in [0.1, 0.15) is 0 Å². The van der Waals surface area contributed by atoms with E-state index < -0.39 is 9.84 Å². The first-order valence-corrected chi connectivity index (χ1v) is 8.91. The lowest BCUT2D eigenvalue weighted by molar-refractivity contribution is -0.136. The third kappa shape index (κ3) is 3.92. The average molecular weight is 289 g/mol. The summed E-state index contributed by atoms with van der Waals surface area (Å²) < 4.78 is 28.2. The molecule has 0 bridgehead atoms. The van der Waals surface area contributed by atoms with Crippen LogP contribution in [0.15, 0.2) is 0 Å². The maximum absolute atomic E-state index is 12.2. The Bertz CT molecular complexity index is 412. The molecule has 0 radical (unpaired) electrons. The van der Waals surface area contributed by atoms with E-state index >= 15 is 0 Å². The summed E-state index contributed by atoms with van der Waals surface area (Å²) in [6.45, 7) is 4.98. The van der Waals surface area contributed by atoms with Gasteiger partial charge in [-0.3, -0.25) is 4.79 Å². The summed E-state index contributed by atoms with van der Waals surface area (Å²) in [7, 11) is -2.97. The quantitative estimate of drug-likeness (QED) is 0.764. The highest BCUT2D eigenvalue weighted by Crippen LogP contribution is 2.24. The molecule has 0 aromatic heterocycles. The molecule has 2 fully saturated rings. The van der Waals surface area contributed by atoms with Gasteiger partial charge < -0.3 is 9.64 Å². The Balaban J connectivity index is 1.80. The van der Waals surface area contributed by atoms with Gasteiger partial charge >= 0.3 is 0 Å². The summed E-state index contributed by atoms with van der Waals surface area (Å²) >= 11 is 0. The lowest BCUT2D eigenvalue weighted by atomic mass is 9.96. The van der Waals surface area contributed by atoms with Gasteiger partial charge in [-0.25, -0.2) is 8.42 Å². The molecular weight excluding hydrogens is 266 g/mol. The summed E-state index contributed by atoms with van der Waals surface area (Å²) in [6, 6.07) is 0. The standard InChI is InChI=1S/C13H23NO4S/c1-2-18-9-11-3-6-14(7-4-11)13(15)12-5-8-19(16,17)10-12/h11-12H,2-10H2,1H3/t12-/m1/s1. The highest BCUT2D eigenvalue weighted by molar-refractivity contribution is 7.91. The zero-order valence-electron chi connectivity index (χ0n) is 11.5. The smallest absolute Gasteiger partial charge is 0.226 e. The van der Waals surface area contributed by atoms with Gasteiger partial charge in [0.15, 0.2) is 9.84 Å². The first kappa shape index (κ1) is 14.8. The van der Waals surface area contributed by atoms with E-state index in [2.05, 4.69) is 0 Å². The minimum atomic E-state index is -2.97. The van der Waals surface area contributed by atoms with Gasteiger partial charge in [-0.2, -0.15) is 0 Å². The number of likely N-dealkylation sites (tertiary alicyclic amines) is 1. The van der Waals surface area contributed by atoms with E-state index in [4.69, 9.17) is 4.74 Å². The number of carbonyl (C=O) groups excluding carboxylic acids is 1. The van der Waals surface area contributed by atoms with Crippen LogP contribution < -0.4 is 0 Å². The van der Waals surface area contributed by atoms with Crippen LogP contribution in [0, 0.1) is 11.8 Å². The minimum absolute atomic E-state index is 0.0379. The third-order valence-electron chi connectivity index (χ3n) is 4.07. The SMILES string of the molecule is CCOCC1CCN(C(=O)[C@@H]2CCS(=O)(=O)C2)CC1. The Hall–Kier alpha value is -0.620. The monoisotopic (exact) mass is 289 g/mol. The van der Waals surface area contributed by atoms with E-state index in [-0.39, 0.29) is 23.3 Å². The van der Waals surface area contributed by atoms with E-state index in [9.17, 15) is 13.2 Å². The molecule has 0 spiro atoms. The number of carbonyl (C=O) groups is 1. The lowest BCUT2D eigenvalue weighted by Crippen LogP contribution is -2.42. The highest BCUT2D eigenvalue weighted by atomic mass is 32.2. The number of ether oxygens (including phenoxy) is 1. The first-order valence-electron chi connectivity index (χ1n) is 7.09. The third-order valence-corrected chi connectivity index (χ3v) is 5.83. The van der Waals surface area contributed by atoms with Crippen LogP contribution in [0.5, 0.6) is 0 Å². The second kappa shape index (κ2) is 6.22. The van der Waals surface area contributed by atoms with Gasteiger partial charge in [0.05, 0.1) is 17.4 Å². The summed E-state index contributed by atoms with van der Waals surface area (Å²) in [5, 5.41) is 0. The van der Waals surface area contributed by atoms with Crippen molar-refractivity contribution in [2.24, 2.45) is 11.8 Å². The maximum Gasteiger partial charge on any atom is 0.226 e. The summed E-state index contributed by atoms with van der Waals surface area (Å²) in [5.74, 6) is 0.496. The van der Waals surface area contributed by atoms with Gasteiger partial charge in [0.2, 0.25) is 5.91 Å². The second-order valence-electron chi connectivity index (χ2n) is 5.53. The zero-order valence-corrected chi connectivity index (χ0v) is 12.3. The highest BCUT2D eigenvalue weighted by Gasteiger charge is 2.36. The van der Waals surface area contributed by atoms with Crippen molar-refractivity contribution in [1.29, 1.82) is 0 Å². The van der Waals surface area contributed by atoms with Gasteiger partial charge in [0.25, 0.3) is 0 Å². The average Bonchev–Trinajstić information content (AvgIpc) is 2.76. The number of piperidine rings is 1. The Morgan fingerprint density at radius 2 is 1.95 bits per heavy atom. The largest absolute Gasteiger partial charge is 0.381 e. The normalized spacial score (nSPS) is 27.6.